The third-order valence-electron chi connectivity index (χ3n) is 2.14. The van der Waals surface area contributed by atoms with Gasteiger partial charge in [0.15, 0.2) is 5.15 Å². The molecule has 2 aromatic rings. The fraction of sp³-hybridized carbons (Fsp3) is 0.222. The second-order valence-electron chi connectivity index (χ2n) is 2.88. The van der Waals surface area contributed by atoms with E-state index in [1.54, 1.807) is 6.20 Å². The van der Waals surface area contributed by atoms with Gasteiger partial charge in [-0.3, -0.25) is 0 Å². The highest BCUT2D eigenvalue weighted by atomic mass is 35.5. The highest BCUT2D eigenvalue weighted by molar-refractivity contribution is 6.33. The number of pyridine rings is 1. The van der Waals surface area contributed by atoms with Gasteiger partial charge < -0.3 is 4.57 Å². The Morgan fingerprint density at radius 2 is 2.25 bits per heavy atom. The zero-order chi connectivity index (χ0) is 8.72. The number of rotatable bonds is 0. The Kier molecular flexibility index (Phi) is 1.58. The van der Waals surface area contributed by atoms with Crippen molar-refractivity contribution in [1.82, 2.24) is 9.55 Å². The number of aromatic nitrogens is 2. The topological polar surface area (TPSA) is 17.8 Å². The molecule has 0 aliphatic rings. The molecule has 0 N–H and O–H groups in total. The van der Waals surface area contributed by atoms with Crippen LogP contribution < -0.4 is 0 Å². The number of aryl methyl sites for hydroxylation is 2. The zero-order valence-corrected chi connectivity index (χ0v) is 7.76. The van der Waals surface area contributed by atoms with Crippen molar-refractivity contribution in [2.24, 2.45) is 7.05 Å². The summed E-state index contributed by atoms with van der Waals surface area (Å²) in [4.78, 5) is 4.03. The minimum absolute atomic E-state index is 0.572. The first-order chi connectivity index (χ1) is 5.70. The molecule has 0 atom stereocenters. The maximum Gasteiger partial charge on any atom is 0.153 e. The fourth-order valence-electron chi connectivity index (χ4n) is 1.39. The second kappa shape index (κ2) is 2.49. The van der Waals surface area contributed by atoms with Crippen LogP contribution in [0.15, 0.2) is 18.3 Å². The van der Waals surface area contributed by atoms with E-state index in [4.69, 9.17) is 11.6 Å². The summed E-state index contributed by atoms with van der Waals surface area (Å²) in [7, 11) is 1.99. The predicted octanol–water partition coefficient (Wildman–Crippen LogP) is 2.54. The Hall–Kier alpha value is -1.02. The van der Waals surface area contributed by atoms with Crippen molar-refractivity contribution in [3.8, 4) is 0 Å². The predicted molar refractivity (Wildman–Crippen MR) is 50.5 cm³/mol. The average molecular weight is 181 g/mol. The Labute approximate surface area is 75.8 Å². The van der Waals surface area contributed by atoms with E-state index in [0.29, 0.717) is 5.15 Å². The van der Waals surface area contributed by atoms with Crippen LogP contribution in [0.1, 0.15) is 5.69 Å². The van der Waals surface area contributed by atoms with Gasteiger partial charge in [-0.25, -0.2) is 4.98 Å². The van der Waals surface area contributed by atoms with E-state index in [9.17, 15) is 0 Å². The molecule has 3 heteroatoms. The number of nitrogens with zero attached hydrogens (tertiary/aromatic N) is 2. The summed E-state index contributed by atoms with van der Waals surface area (Å²) in [6.45, 7) is 2.05. The highest BCUT2D eigenvalue weighted by Gasteiger charge is 2.05. The van der Waals surface area contributed by atoms with E-state index in [2.05, 4.69) is 18.0 Å². The Morgan fingerprint density at radius 3 is 2.92 bits per heavy atom. The summed E-state index contributed by atoms with van der Waals surface area (Å²) in [6.07, 6.45) is 1.73. The molecule has 0 radical (unpaired) electrons. The number of hydrogen-bond donors (Lipinski definition) is 0. The highest BCUT2D eigenvalue weighted by Crippen LogP contribution is 2.23. The van der Waals surface area contributed by atoms with Crippen LogP contribution in [-0.2, 0) is 7.05 Å². The molecule has 0 amide bonds. The molecule has 0 saturated heterocycles. The Bertz CT molecular complexity index is 431. The van der Waals surface area contributed by atoms with Crippen LogP contribution in [0.4, 0.5) is 0 Å². The summed E-state index contributed by atoms with van der Waals surface area (Å²) >= 11 is 5.94. The van der Waals surface area contributed by atoms with Crippen LogP contribution in [0.5, 0.6) is 0 Å². The molecule has 12 heavy (non-hydrogen) atoms. The molecule has 2 nitrogen and oxygen atoms in total. The lowest BCUT2D eigenvalue weighted by atomic mass is 10.3. The molecule has 0 fully saturated rings. The molecule has 0 aromatic carbocycles. The molecule has 2 heterocycles. The summed E-state index contributed by atoms with van der Waals surface area (Å²) < 4.78 is 2.05. The van der Waals surface area contributed by atoms with Crippen molar-refractivity contribution in [1.29, 1.82) is 0 Å². The summed E-state index contributed by atoms with van der Waals surface area (Å²) in [6, 6.07) is 4.07. The van der Waals surface area contributed by atoms with E-state index in [1.165, 1.54) is 5.69 Å². The van der Waals surface area contributed by atoms with Crippen molar-refractivity contribution < 1.29 is 0 Å². The first-order valence-electron chi connectivity index (χ1n) is 3.76. The lowest BCUT2D eigenvalue weighted by Crippen LogP contribution is -1.90. The van der Waals surface area contributed by atoms with Crippen LogP contribution in [0.25, 0.3) is 10.9 Å². The number of hydrogen-bond acceptors (Lipinski definition) is 1. The van der Waals surface area contributed by atoms with Crippen molar-refractivity contribution >= 4 is 22.5 Å². The van der Waals surface area contributed by atoms with Crippen molar-refractivity contribution in [2.75, 3.05) is 0 Å². The van der Waals surface area contributed by atoms with Crippen molar-refractivity contribution in [3.05, 3.63) is 29.2 Å². The van der Waals surface area contributed by atoms with Gasteiger partial charge >= 0.3 is 0 Å². The van der Waals surface area contributed by atoms with Gasteiger partial charge in [0.05, 0.1) is 5.52 Å². The average Bonchev–Trinajstić information content (AvgIpc) is 2.29. The van der Waals surface area contributed by atoms with Crippen molar-refractivity contribution in [2.45, 2.75) is 6.92 Å². The smallest absolute Gasteiger partial charge is 0.153 e. The van der Waals surface area contributed by atoms with Gasteiger partial charge in [0.25, 0.3) is 0 Å². The second-order valence-corrected chi connectivity index (χ2v) is 3.24. The lowest BCUT2D eigenvalue weighted by Gasteiger charge is -1.98. The van der Waals surface area contributed by atoms with Gasteiger partial charge in [-0.15, -0.1) is 0 Å². The number of fused-ring (bicyclic) bond motifs is 1. The van der Waals surface area contributed by atoms with E-state index in [-0.39, 0.29) is 0 Å². The molecule has 0 aliphatic carbocycles. The Balaban J connectivity index is 2.97. The van der Waals surface area contributed by atoms with Crippen LogP contribution in [0, 0.1) is 6.92 Å². The van der Waals surface area contributed by atoms with Gasteiger partial charge in [0.1, 0.15) is 0 Å². The van der Waals surface area contributed by atoms with E-state index < -0.39 is 0 Å². The molecule has 62 valence electrons. The minimum Gasteiger partial charge on any atom is -0.345 e. The van der Waals surface area contributed by atoms with Crippen LogP contribution in [0.3, 0.4) is 0 Å². The zero-order valence-electron chi connectivity index (χ0n) is 7.00. The maximum absolute atomic E-state index is 5.94. The molecule has 2 rings (SSSR count). The van der Waals surface area contributed by atoms with Gasteiger partial charge in [0.2, 0.25) is 0 Å². The fourth-order valence-corrected chi connectivity index (χ4v) is 1.68. The van der Waals surface area contributed by atoms with Crippen molar-refractivity contribution in [3.63, 3.8) is 0 Å². The molecular formula is C9H9ClN2. The Morgan fingerprint density at radius 1 is 1.50 bits per heavy atom. The SMILES string of the molecule is Cc1cc2ccnc(Cl)c2n1C. The van der Waals surface area contributed by atoms with Gasteiger partial charge in [0, 0.05) is 24.3 Å². The molecule has 0 bridgehead atoms. The molecule has 2 aromatic heterocycles. The third-order valence-corrected chi connectivity index (χ3v) is 2.42. The number of halogens is 1. The van der Waals surface area contributed by atoms with Gasteiger partial charge in [-0.05, 0) is 19.1 Å². The molecule has 0 spiro atoms. The molecule has 0 unspecified atom stereocenters. The third kappa shape index (κ3) is 0.916. The van der Waals surface area contributed by atoms with E-state index >= 15 is 0 Å². The maximum atomic E-state index is 5.94. The summed E-state index contributed by atoms with van der Waals surface area (Å²) in [5, 5.41) is 1.72. The molecule has 0 aliphatic heterocycles. The summed E-state index contributed by atoms with van der Waals surface area (Å²) in [5.41, 5.74) is 2.21. The molecular weight excluding hydrogens is 172 g/mol. The van der Waals surface area contributed by atoms with E-state index in [0.717, 1.165) is 10.9 Å². The van der Waals surface area contributed by atoms with Gasteiger partial charge in [-0.2, -0.15) is 0 Å². The lowest BCUT2D eigenvalue weighted by molar-refractivity contribution is 0.915. The van der Waals surface area contributed by atoms with Crippen LogP contribution in [0.2, 0.25) is 5.15 Å². The van der Waals surface area contributed by atoms with Crippen LogP contribution in [-0.4, -0.2) is 9.55 Å². The minimum atomic E-state index is 0.572. The van der Waals surface area contributed by atoms with Gasteiger partial charge in [-0.1, -0.05) is 11.6 Å². The first-order valence-corrected chi connectivity index (χ1v) is 4.14. The summed E-state index contributed by atoms with van der Waals surface area (Å²) in [5.74, 6) is 0. The van der Waals surface area contributed by atoms with Crippen LogP contribution >= 0.6 is 11.6 Å². The standard InChI is InChI=1S/C9H9ClN2/c1-6-5-7-3-4-11-9(10)8(7)12(6)2/h3-5H,1-2H3. The quantitative estimate of drug-likeness (QED) is 0.570. The largest absolute Gasteiger partial charge is 0.345 e. The molecule has 0 saturated carbocycles. The normalized spacial score (nSPS) is 10.9. The monoisotopic (exact) mass is 180 g/mol. The first kappa shape index (κ1) is 7.62. The van der Waals surface area contributed by atoms with E-state index in [1.807, 2.05) is 17.7 Å².